The van der Waals surface area contributed by atoms with Crippen LogP contribution < -0.4 is 21.2 Å². The van der Waals surface area contributed by atoms with E-state index in [4.69, 9.17) is 21.5 Å². The van der Waals surface area contributed by atoms with Crippen LogP contribution in [-0.4, -0.2) is 12.9 Å². The van der Waals surface area contributed by atoms with Crippen LogP contribution in [0.5, 0.6) is 5.75 Å². The number of nitriles is 1. The number of nitrogens with one attached hydrogen (secondary N) is 1. The molecule has 0 saturated carbocycles. The summed E-state index contributed by atoms with van der Waals surface area (Å²) in [5.74, 6) is 0.890. The molecule has 0 fully saturated rings. The minimum Gasteiger partial charge on any atom is -0.497 e. The second-order valence-electron chi connectivity index (χ2n) is 6.34. The van der Waals surface area contributed by atoms with Crippen LogP contribution >= 0.6 is 11.3 Å². The highest BCUT2D eigenvalue weighted by Crippen LogP contribution is 2.39. The van der Waals surface area contributed by atoms with Crippen LogP contribution in [0.2, 0.25) is 0 Å². The van der Waals surface area contributed by atoms with Crippen LogP contribution in [-0.2, 0) is 0 Å². The molecule has 0 spiro atoms. The van der Waals surface area contributed by atoms with Gasteiger partial charge in [0.15, 0.2) is 5.84 Å². The number of hydrogen-bond donors (Lipinski definition) is 2. The lowest BCUT2D eigenvalue weighted by Gasteiger charge is -2.07. The number of benzene rings is 2. The molecule has 0 saturated heterocycles. The quantitative estimate of drug-likeness (QED) is 0.308. The Morgan fingerprint density at radius 3 is 2.48 bits per heavy atom. The van der Waals surface area contributed by atoms with Gasteiger partial charge in [-0.2, -0.15) is 15.2 Å². The maximum absolute atomic E-state index is 8.87. The van der Waals surface area contributed by atoms with Crippen molar-refractivity contribution >= 4 is 33.1 Å². The average molecular weight is 400 g/mol. The number of rotatable bonds is 4. The molecule has 0 aliphatic carbocycles. The van der Waals surface area contributed by atoms with Gasteiger partial charge in [0.05, 0.1) is 18.2 Å². The van der Waals surface area contributed by atoms with E-state index in [9.17, 15) is 0 Å². The summed E-state index contributed by atoms with van der Waals surface area (Å²) in [6.45, 7) is 0. The van der Waals surface area contributed by atoms with Crippen molar-refractivity contribution in [2.75, 3.05) is 12.8 Å². The van der Waals surface area contributed by atoms with Gasteiger partial charge in [-0.05, 0) is 29.8 Å². The van der Waals surface area contributed by atoms with Gasteiger partial charge in [0.25, 0.3) is 4.83 Å². The maximum Gasteiger partial charge on any atom is 0.271 e. The van der Waals surface area contributed by atoms with Crippen molar-refractivity contribution < 1.29 is 9.72 Å². The molecule has 2 heterocycles. The average Bonchev–Trinajstić information content (AvgIpc) is 3.10. The number of thiophene rings is 1. The molecule has 4 aromatic rings. The van der Waals surface area contributed by atoms with Crippen molar-refractivity contribution in [3.05, 3.63) is 65.5 Å². The molecule has 142 valence electrons. The van der Waals surface area contributed by atoms with Gasteiger partial charge in [0.2, 0.25) is 11.9 Å². The zero-order chi connectivity index (χ0) is 20.4. The Bertz CT molecular complexity index is 1250. The van der Waals surface area contributed by atoms with Crippen LogP contribution in [0, 0.1) is 11.5 Å². The van der Waals surface area contributed by atoms with E-state index >= 15 is 0 Å². The number of pyridine rings is 1. The largest absolute Gasteiger partial charge is 0.497 e. The van der Waals surface area contributed by atoms with E-state index in [2.05, 4.69) is 16.0 Å². The first kappa shape index (κ1) is 18.5. The van der Waals surface area contributed by atoms with Crippen LogP contribution in [0.15, 0.2) is 65.7 Å². The van der Waals surface area contributed by atoms with Crippen LogP contribution in [0.4, 0.5) is 5.69 Å². The predicted molar refractivity (Wildman–Crippen MR) is 117 cm³/mol. The third-order valence-corrected chi connectivity index (χ3v) is 5.78. The summed E-state index contributed by atoms with van der Waals surface area (Å²) in [7, 11) is 1.64. The maximum atomic E-state index is 8.87. The third-order valence-electron chi connectivity index (χ3n) is 4.64. The Kier molecular flexibility index (Phi) is 4.85. The number of fused-ring (bicyclic) bond motifs is 1. The number of aromatic nitrogens is 1. The lowest BCUT2D eigenvalue weighted by atomic mass is 9.99. The second kappa shape index (κ2) is 7.62. The molecule has 0 atom stereocenters. The molecule has 0 aliphatic rings. The minimum absolute atomic E-state index is 0.113. The van der Waals surface area contributed by atoms with Gasteiger partial charge in [-0.3, -0.25) is 0 Å². The molecule has 0 amide bonds. The molecule has 29 heavy (non-hydrogen) atoms. The predicted octanol–water partition coefficient (Wildman–Crippen LogP) is 3.83. The highest BCUT2D eigenvalue weighted by Gasteiger charge is 2.23. The molecule has 5 N–H and O–H groups in total. The lowest BCUT2D eigenvalue weighted by Crippen LogP contribution is -2.12. The van der Waals surface area contributed by atoms with E-state index in [-0.39, 0.29) is 5.84 Å². The summed E-state index contributed by atoms with van der Waals surface area (Å²) in [5.41, 5.74) is 16.9. The van der Waals surface area contributed by atoms with Gasteiger partial charge >= 0.3 is 0 Å². The van der Waals surface area contributed by atoms with E-state index in [1.54, 1.807) is 13.3 Å². The van der Waals surface area contributed by atoms with Gasteiger partial charge in [-0.1, -0.05) is 41.7 Å². The van der Waals surface area contributed by atoms with Gasteiger partial charge in [-0.15, -0.1) is 0 Å². The summed E-state index contributed by atoms with van der Waals surface area (Å²) in [6, 6.07) is 19.9. The van der Waals surface area contributed by atoms with E-state index in [0.717, 1.165) is 38.4 Å². The van der Waals surface area contributed by atoms with Crippen LogP contribution in [0.3, 0.4) is 0 Å². The summed E-state index contributed by atoms with van der Waals surface area (Å²) < 4.78 is 5.28. The number of nitrogen functional groups attached to an aromatic ring is 1. The first-order chi connectivity index (χ1) is 14.1. The van der Waals surface area contributed by atoms with Gasteiger partial charge < -0.3 is 16.2 Å². The van der Waals surface area contributed by atoms with Gasteiger partial charge in [0.1, 0.15) is 10.6 Å². The fourth-order valence-corrected chi connectivity index (χ4v) is 4.29. The van der Waals surface area contributed by atoms with Crippen molar-refractivity contribution in [3.8, 4) is 34.3 Å². The van der Waals surface area contributed by atoms with E-state index in [0.29, 0.717) is 10.6 Å². The number of nitrogens with two attached hydrogens (primary N) is 2. The topological polar surface area (TPSA) is 112 Å². The Morgan fingerprint density at radius 1 is 1.10 bits per heavy atom. The smallest absolute Gasteiger partial charge is 0.271 e. The second-order valence-corrected chi connectivity index (χ2v) is 7.36. The number of methoxy groups -OCH3 is 1. The number of amidine groups is 1. The minimum atomic E-state index is 0.113. The fourth-order valence-electron chi connectivity index (χ4n) is 3.24. The number of aliphatic imine (C=N–C) groups is 1. The number of aromatic amines is 1. The zero-order valence-corrected chi connectivity index (χ0v) is 16.5. The molecular weight excluding hydrogens is 382 g/mol. The SMILES string of the molecule is COc1ccc(-c2cc(-c3ccccc3)[nH+]c3sc(C(N)=NC#N)c(N)c23)cc1. The van der Waals surface area contributed by atoms with E-state index < -0.39 is 0 Å². The molecule has 2 aromatic heterocycles. The molecule has 0 radical (unpaired) electrons. The summed E-state index contributed by atoms with van der Waals surface area (Å²) in [5, 5.41) is 9.72. The molecule has 4 rings (SSSR count). The molecule has 0 aliphatic heterocycles. The van der Waals surface area contributed by atoms with Gasteiger partial charge in [0, 0.05) is 17.2 Å². The molecule has 6 nitrogen and oxygen atoms in total. The number of H-pyrrole nitrogens is 1. The van der Waals surface area contributed by atoms with Crippen molar-refractivity contribution in [1.29, 1.82) is 5.26 Å². The fraction of sp³-hybridized carbons (Fsp3) is 0.0455. The van der Waals surface area contributed by atoms with Crippen LogP contribution in [0.25, 0.3) is 32.6 Å². The Balaban J connectivity index is 2.02. The van der Waals surface area contributed by atoms with Crippen LogP contribution in [0.1, 0.15) is 4.88 Å². The molecule has 7 heteroatoms. The molecule has 2 aromatic carbocycles. The Morgan fingerprint density at radius 2 is 1.83 bits per heavy atom. The molecule has 0 bridgehead atoms. The first-order valence-electron chi connectivity index (χ1n) is 8.83. The Hall–Kier alpha value is -3.89. The van der Waals surface area contributed by atoms with Gasteiger partial charge in [-0.25, -0.2) is 0 Å². The third kappa shape index (κ3) is 3.37. The lowest BCUT2D eigenvalue weighted by molar-refractivity contribution is -0.327. The standard InChI is InChI=1S/C22H17N5OS/c1-28-15-9-7-13(8-10-15)16-11-17(14-5-3-2-4-6-14)27-22-18(16)19(24)20(29-22)21(25)26-12-23/h2-11H,24H2,1H3,(H2,25,26)/p+1. The van der Waals surface area contributed by atoms with E-state index in [1.807, 2.05) is 54.6 Å². The van der Waals surface area contributed by atoms with Crippen molar-refractivity contribution in [3.63, 3.8) is 0 Å². The summed E-state index contributed by atoms with van der Waals surface area (Å²) in [6.07, 6.45) is 1.72. The summed E-state index contributed by atoms with van der Waals surface area (Å²) >= 11 is 1.39. The zero-order valence-electron chi connectivity index (χ0n) is 15.6. The Labute approximate surface area is 171 Å². The normalized spacial score (nSPS) is 11.4. The van der Waals surface area contributed by atoms with Crippen molar-refractivity contribution in [2.45, 2.75) is 0 Å². The monoisotopic (exact) mass is 400 g/mol. The number of nitrogens with zero attached hydrogens (tertiary/aromatic N) is 2. The highest BCUT2D eigenvalue weighted by atomic mass is 32.1. The number of ether oxygens (including phenoxy) is 1. The molecule has 0 unspecified atom stereocenters. The first-order valence-corrected chi connectivity index (χ1v) is 9.64. The molecular formula is C22H18N5OS+. The highest BCUT2D eigenvalue weighted by molar-refractivity contribution is 7.21. The van der Waals surface area contributed by atoms with Crippen molar-refractivity contribution in [1.82, 2.24) is 0 Å². The number of anilines is 1. The van der Waals surface area contributed by atoms with Crippen molar-refractivity contribution in [2.24, 2.45) is 10.7 Å². The summed E-state index contributed by atoms with van der Waals surface area (Å²) in [4.78, 5) is 8.55. The number of hydrogen-bond acceptors (Lipinski definition) is 5. The van der Waals surface area contributed by atoms with E-state index in [1.165, 1.54) is 11.3 Å².